The van der Waals surface area contributed by atoms with Gasteiger partial charge in [-0.3, -0.25) is 4.79 Å². The number of carbonyl (C=O) groups excluding carboxylic acids is 1. The summed E-state index contributed by atoms with van der Waals surface area (Å²) in [6.45, 7) is 3.92. The van der Waals surface area contributed by atoms with E-state index in [-0.39, 0.29) is 28.8 Å². The van der Waals surface area contributed by atoms with Gasteiger partial charge in [-0.1, -0.05) is 41.1 Å². The van der Waals surface area contributed by atoms with Crippen molar-refractivity contribution in [1.82, 2.24) is 9.46 Å². The van der Waals surface area contributed by atoms with Crippen molar-refractivity contribution < 1.29 is 22.1 Å². The highest BCUT2D eigenvalue weighted by atomic mass is 32.2. The van der Waals surface area contributed by atoms with Gasteiger partial charge in [0.05, 0.1) is 5.92 Å². The van der Waals surface area contributed by atoms with Crippen molar-refractivity contribution in [1.29, 1.82) is 0 Å². The maximum absolute atomic E-state index is 13.5. The lowest BCUT2D eigenvalue weighted by Gasteiger charge is -2.31. The molecule has 1 fully saturated rings. The first-order valence-corrected chi connectivity index (χ1v) is 12.5. The summed E-state index contributed by atoms with van der Waals surface area (Å²) < 4.78 is 46.8. The topological polar surface area (TPSA) is 92.5 Å². The maximum atomic E-state index is 13.5. The number of hydrogen-bond acceptors (Lipinski definition) is 5. The highest BCUT2D eigenvalue weighted by Gasteiger charge is 2.37. The second kappa shape index (κ2) is 9.90. The number of anilines is 1. The van der Waals surface area contributed by atoms with Gasteiger partial charge in [0.2, 0.25) is 15.9 Å². The highest BCUT2D eigenvalue weighted by molar-refractivity contribution is 7.89. The fourth-order valence-corrected chi connectivity index (χ4v) is 5.70. The van der Waals surface area contributed by atoms with Gasteiger partial charge in [0, 0.05) is 18.8 Å². The first-order chi connectivity index (χ1) is 16.2. The van der Waals surface area contributed by atoms with E-state index in [9.17, 15) is 17.6 Å². The van der Waals surface area contributed by atoms with Crippen LogP contribution in [0.15, 0.2) is 57.9 Å². The zero-order chi connectivity index (χ0) is 24.3. The van der Waals surface area contributed by atoms with Gasteiger partial charge in [0.1, 0.15) is 11.5 Å². The first-order valence-electron chi connectivity index (χ1n) is 11.0. The van der Waals surface area contributed by atoms with Crippen LogP contribution >= 0.6 is 0 Å². The minimum atomic E-state index is -3.94. The standard InChI is InChI=1S/C25H26FN3O4S/c1-17-5-7-19(8-6-17)9-14-23-24(18(2)28-33-23)34(31,32)29-15-3-4-20(16-29)25(30)27-22-12-10-21(26)11-13-22/h5-14,20H,3-4,15-16H2,1-2H3,(H,27,30)/b14-9+/t20-/m1/s1. The molecule has 0 bridgehead atoms. The molecule has 0 radical (unpaired) electrons. The van der Waals surface area contributed by atoms with Crippen LogP contribution < -0.4 is 5.32 Å². The molecule has 2 aromatic carbocycles. The predicted molar refractivity (Wildman–Crippen MR) is 128 cm³/mol. The molecule has 0 saturated carbocycles. The van der Waals surface area contributed by atoms with Crippen molar-refractivity contribution in [2.24, 2.45) is 5.92 Å². The maximum Gasteiger partial charge on any atom is 0.248 e. The van der Waals surface area contributed by atoms with E-state index in [0.29, 0.717) is 25.1 Å². The van der Waals surface area contributed by atoms with Gasteiger partial charge in [0.25, 0.3) is 0 Å². The van der Waals surface area contributed by atoms with Crippen molar-refractivity contribution in [3.63, 3.8) is 0 Å². The zero-order valence-corrected chi connectivity index (χ0v) is 19.8. The molecule has 9 heteroatoms. The van der Waals surface area contributed by atoms with Gasteiger partial charge < -0.3 is 9.84 Å². The van der Waals surface area contributed by atoms with Gasteiger partial charge in [-0.25, -0.2) is 12.8 Å². The third-order valence-corrected chi connectivity index (χ3v) is 7.83. The predicted octanol–water partition coefficient (Wildman–Crippen LogP) is 4.64. The van der Waals surface area contributed by atoms with Crippen molar-refractivity contribution in [2.45, 2.75) is 31.6 Å². The summed E-state index contributed by atoms with van der Waals surface area (Å²) >= 11 is 0. The number of aromatic nitrogens is 1. The number of nitrogens with zero attached hydrogens (tertiary/aromatic N) is 2. The van der Waals surface area contributed by atoms with E-state index < -0.39 is 21.8 Å². The first kappa shape index (κ1) is 23.8. The summed E-state index contributed by atoms with van der Waals surface area (Å²) in [6, 6.07) is 13.2. The Labute approximate surface area is 198 Å². The lowest BCUT2D eigenvalue weighted by Crippen LogP contribution is -2.43. The molecule has 1 N–H and O–H groups in total. The SMILES string of the molecule is Cc1ccc(/C=C/c2onc(C)c2S(=O)(=O)N2CCC[C@@H](C(=O)Nc3ccc(F)cc3)C2)cc1. The van der Waals surface area contributed by atoms with Crippen molar-refractivity contribution in [2.75, 3.05) is 18.4 Å². The Balaban J connectivity index is 1.52. The fraction of sp³-hybridized carbons (Fsp3) is 0.280. The third kappa shape index (κ3) is 5.26. The number of aryl methyl sites for hydroxylation is 2. The molecule has 178 valence electrons. The van der Waals surface area contributed by atoms with Crippen molar-refractivity contribution in [3.05, 3.63) is 76.9 Å². The second-order valence-electron chi connectivity index (χ2n) is 8.40. The van der Waals surface area contributed by atoms with Crippen LogP contribution in [0.3, 0.4) is 0 Å². The van der Waals surface area contributed by atoms with Crippen molar-refractivity contribution >= 4 is 33.8 Å². The minimum Gasteiger partial charge on any atom is -0.355 e. The molecular weight excluding hydrogens is 457 g/mol. The number of amides is 1. The number of nitrogens with one attached hydrogen (secondary N) is 1. The monoisotopic (exact) mass is 483 g/mol. The normalized spacial score (nSPS) is 17.2. The molecule has 0 spiro atoms. The molecule has 1 aromatic heterocycles. The molecule has 1 atom stereocenters. The summed E-state index contributed by atoms with van der Waals surface area (Å²) in [4.78, 5) is 12.8. The molecule has 1 aliphatic rings. The number of benzene rings is 2. The van der Waals surface area contributed by atoms with Crippen LogP contribution in [0.2, 0.25) is 0 Å². The molecular formula is C25H26FN3O4S. The van der Waals surface area contributed by atoms with Crippen molar-refractivity contribution in [3.8, 4) is 0 Å². The summed E-state index contributed by atoms with van der Waals surface area (Å²) in [7, 11) is -3.94. The third-order valence-electron chi connectivity index (χ3n) is 5.80. The van der Waals surface area contributed by atoms with Crippen LogP contribution in [0.5, 0.6) is 0 Å². The average Bonchev–Trinajstić information content (AvgIpc) is 3.21. The fourth-order valence-electron chi connectivity index (χ4n) is 3.93. The van der Waals surface area contributed by atoms with Gasteiger partial charge in [0.15, 0.2) is 10.7 Å². The Kier molecular flexibility index (Phi) is 6.95. The highest BCUT2D eigenvalue weighted by Crippen LogP contribution is 2.29. The van der Waals surface area contributed by atoms with Gasteiger partial charge in [-0.15, -0.1) is 0 Å². The van der Waals surface area contributed by atoms with Crippen LogP contribution in [-0.4, -0.2) is 36.9 Å². The summed E-state index contributed by atoms with van der Waals surface area (Å²) in [6.07, 6.45) is 4.47. The second-order valence-corrected chi connectivity index (χ2v) is 10.3. The Morgan fingerprint density at radius 2 is 1.82 bits per heavy atom. The van der Waals surface area contributed by atoms with E-state index in [2.05, 4.69) is 10.5 Å². The average molecular weight is 484 g/mol. The molecule has 0 aliphatic carbocycles. The Morgan fingerprint density at radius 3 is 2.53 bits per heavy atom. The Hall–Kier alpha value is -3.30. The molecule has 4 rings (SSSR count). The lowest BCUT2D eigenvalue weighted by molar-refractivity contribution is -0.120. The Bertz CT molecular complexity index is 1300. The number of hydrogen-bond donors (Lipinski definition) is 1. The van der Waals surface area contributed by atoms with Gasteiger partial charge in [-0.05, 0) is 62.6 Å². The quantitative estimate of drug-likeness (QED) is 0.551. The molecule has 1 amide bonds. The number of sulfonamides is 1. The van der Waals surface area contributed by atoms with E-state index in [1.807, 2.05) is 31.2 Å². The molecule has 2 heterocycles. The smallest absolute Gasteiger partial charge is 0.248 e. The van der Waals surface area contributed by atoms with Crippen LogP contribution in [0, 0.1) is 25.6 Å². The molecule has 7 nitrogen and oxygen atoms in total. The minimum absolute atomic E-state index is 0.00968. The molecule has 1 aliphatic heterocycles. The summed E-state index contributed by atoms with van der Waals surface area (Å²) in [5.41, 5.74) is 2.75. The van der Waals surface area contributed by atoms with E-state index in [4.69, 9.17) is 4.52 Å². The van der Waals surface area contributed by atoms with E-state index >= 15 is 0 Å². The van der Waals surface area contributed by atoms with E-state index in [0.717, 1.165) is 11.1 Å². The number of halogens is 1. The van der Waals surface area contributed by atoms with Crippen LogP contribution in [-0.2, 0) is 14.8 Å². The number of piperidine rings is 1. The van der Waals surface area contributed by atoms with Crippen LogP contribution in [0.25, 0.3) is 12.2 Å². The lowest BCUT2D eigenvalue weighted by atomic mass is 9.99. The van der Waals surface area contributed by atoms with Crippen LogP contribution in [0.4, 0.5) is 10.1 Å². The van der Waals surface area contributed by atoms with Gasteiger partial charge >= 0.3 is 0 Å². The number of carbonyl (C=O) groups is 1. The molecule has 1 saturated heterocycles. The van der Waals surface area contributed by atoms with E-state index in [1.165, 1.54) is 28.6 Å². The Morgan fingerprint density at radius 1 is 1.12 bits per heavy atom. The summed E-state index contributed by atoms with van der Waals surface area (Å²) in [5, 5.41) is 6.62. The summed E-state index contributed by atoms with van der Waals surface area (Å²) in [5.74, 6) is -1.08. The zero-order valence-electron chi connectivity index (χ0n) is 19.0. The molecule has 3 aromatic rings. The van der Waals surface area contributed by atoms with Gasteiger partial charge in [-0.2, -0.15) is 4.31 Å². The van der Waals surface area contributed by atoms with Crippen LogP contribution in [0.1, 0.15) is 35.4 Å². The largest absolute Gasteiger partial charge is 0.355 e. The number of rotatable bonds is 6. The molecule has 34 heavy (non-hydrogen) atoms. The molecule has 0 unspecified atom stereocenters. The van der Waals surface area contributed by atoms with E-state index in [1.54, 1.807) is 19.1 Å².